The summed E-state index contributed by atoms with van der Waals surface area (Å²) in [5.74, 6) is -0.197. The molecule has 1 aromatic heterocycles. The van der Waals surface area contributed by atoms with Gasteiger partial charge in [-0.3, -0.25) is 0 Å². The molecule has 28 heavy (non-hydrogen) atoms. The van der Waals surface area contributed by atoms with Crippen molar-refractivity contribution < 1.29 is 17.7 Å². The molecule has 0 bridgehead atoms. The lowest BCUT2D eigenvalue weighted by atomic mass is 10.0. The zero-order valence-corrected chi connectivity index (χ0v) is 16.3. The molecular formula is C20H19N3O4S. The summed E-state index contributed by atoms with van der Waals surface area (Å²) in [7, 11) is -4.02. The number of ether oxygens (including phenoxy) is 1. The molecule has 3 rings (SSSR count). The molecule has 0 saturated heterocycles. The maximum absolute atomic E-state index is 13.1. The highest BCUT2D eigenvalue weighted by atomic mass is 32.2. The summed E-state index contributed by atoms with van der Waals surface area (Å²) in [6.45, 7) is 4.39. The van der Waals surface area contributed by atoms with Crippen LogP contribution in [0.25, 0.3) is 11.1 Å². The summed E-state index contributed by atoms with van der Waals surface area (Å²) in [5, 5.41) is 12.9. The van der Waals surface area contributed by atoms with E-state index in [-0.39, 0.29) is 16.3 Å². The summed E-state index contributed by atoms with van der Waals surface area (Å²) < 4.78 is 38.9. The fourth-order valence-electron chi connectivity index (χ4n) is 2.79. The molecule has 7 nitrogen and oxygen atoms in total. The highest BCUT2D eigenvalue weighted by molar-refractivity contribution is 7.92. The Labute approximate surface area is 163 Å². The van der Waals surface area contributed by atoms with E-state index in [0.717, 1.165) is 11.1 Å². The minimum Gasteiger partial charge on any atom is -0.377 e. The molecule has 0 radical (unpaired) electrons. The summed E-state index contributed by atoms with van der Waals surface area (Å²) in [6.07, 6.45) is 0. The van der Waals surface area contributed by atoms with Crippen LogP contribution in [0.4, 0.5) is 5.88 Å². The molecule has 8 heteroatoms. The van der Waals surface area contributed by atoms with E-state index >= 15 is 0 Å². The Morgan fingerprint density at radius 1 is 1.14 bits per heavy atom. The number of anilines is 1. The lowest BCUT2D eigenvalue weighted by Gasteiger charge is -2.14. The van der Waals surface area contributed by atoms with Crippen molar-refractivity contribution in [3.63, 3.8) is 0 Å². The van der Waals surface area contributed by atoms with Crippen molar-refractivity contribution in [1.82, 2.24) is 5.16 Å². The molecule has 1 heterocycles. The maximum atomic E-state index is 13.1. The van der Waals surface area contributed by atoms with Crippen molar-refractivity contribution in [2.45, 2.75) is 25.3 Å². The van der Waals surface area contributed by atoms with Crippen LogP contribution in [0.15, 0.2) is 57.9 Å². The van der Waals surface area contributed by atoms with E-state index in [9.17, 15) is 13.7 Å². The van der Waals surface area contributed by atoms with Gasteiger partial charge in [-0.1, -0.05) is 47.6 Å². The highest BCUT2D eigenvalue weighted by Crippen LogP contribution is 2.32. The molecule has 0 fully saturated rings. The number of aromatic nitrogens is 1. The number of sulfonamides is 1. The van der Waals surface area contributed by atoms with Crippen LogP contribution in [0.5, 0.6) is 0 Å². The van der Waals surface area contributed by atoms with Crippen molar-refractivity contribution in [3.05, 3.63) is 65.4 Å². The van der Waals surface area contributed by atoms with Crippen LogP contribution in [0.1, 0.15) is 23.7 Å². The normalized spacial score (nSPS) is 11.2. The van der Waals surface area contributed by atoms with Gasteiger partial charge in [0.1, 0.15) is 17.3 Å². The Morgan fingerprint density at radius 2 is 1.82 bits per heavy atom. The van der Waals surface area contributed by atoms with Gasteiger partial charge in [0.15, 0.2) is 0 Å². The van der Waals surface area contributed by atoms with Gasteiger partial charge in [0.25, 0.3) is 15.9 Å². The predicted octanol–water partition coefficient (Wildman–Crippen LogP) is 3.86. The number of benzene rings is 2. The Morgan fingerprint density at radius 3 is 2.54 bits per heavy atom. The average molecular weight is 397 g/mol. The number of hydrogen-bond donors (Lipinski definition) is 1. The van der Waals surface area contributed by atoms with Crippen molar-refractivity contribution in [2.75, 3.05) is 11.3 Å². The third kappa shape index (κ3) is 3.91. The van der Waals surface area contributed by atoms with Crippen molar-refractivity contribution in [3.8, 4) is 17.2 Å². The van der Waals surface area contributed by atoms with Gasteiger partial charge in [0, 0.05) is 12.2 Å². The predicted molar refractivity (Wildman–Crippen MR) is 104 cm³/mol. The Hall–Kier alpha value is -3.15. The van der Waals surface area contributed by atoms with Gasteiger partial charge in [0.05, 0.1) is 11.5 Å². The van der Waals surface area contributed by atoms with Crippen LogP contribution >= 0.6 is 0 Å². The standard InChI is InChI=1S/C20H19N3O4S/c1-3-26-13-15-8-4-5-9-16(15)17-10-6-7-11-19(17)28(24,25)23-20-18(12-21)14(2)22-27-20/h4-11,23H,3,13H2,1-2H3. The van der Waals surface area contributed by atoms with Crippen LogP contribution in [-0.2, 0) is 21.4 Å². The van der Waals surface area contributed by atoms with Crippen molar-refractivity contribution >= 4 is 15.9 Å². The molecule has 0 amide bonds. The third-order valence-electron chi connectivity index (χ3n) is 4.15. The number of nitrogens with one attached hydrogen (secondary N) is 1. The number of aryl methyl sites for hydroxylation is 1. The first kappa shape index (κ1) is 19.6. The fourth-order valence-corrected chi connectivity index (χ4v) is 4.01. The quantitative estimate of drug-likeness (QED) is 0.649. The number of rotatable bonds is 7. The Balaban J connectivity index is 2.07. The van der Waals surface area contributed by atoms with E-state index in [1.807, 2.05) is 37.3 Å². The summed E-state index contributed by atoms with van der Waals surface area (Å²) in [6, 6.07) is 16.0. The second-order valence-corrected chi connectivity index (χ2v) is 7.63. The monoisotopic (exact) mass is 397 g/mol. The Bertz CT molecular complexity index is 1130. The summed E-state index contributed by atoms with van der Waals surface area (Å²) >= 11 is 0. The molecule has 3 aromatic rings. The minimum absolute atomic E-state index is 0.0535. The Kier molecular flexibility index (Phi) is 5.78. The van der Waals surface area contributed by atoms with E-state index in [1.165, 1.54) is 6.07 Å². The second kappa shape index (κ2) is 8.25. The van der Waals surface area contributed by atoms with Gasteiger partial charge in [0.2, 0.25) is 0 Å². The molecule has 0 aliphatic carbocycles. The molecule has 144 valence electrons. The first-order valence-electron chi connectivity index (χ1n) is 8.62. The second-order valence-electron chi connectivity index (χ2n) is 5.98. The highest BCUT2D eigenvalue weighted by Gasteiger charge is 2.24. The minimum atomic E-state index is -4.02. The molecule has 2 aromatic carbocycles. The van der Waals surface area contributed by atoms with Gasteiger partial charge in [-0.15, -0.1) is 0 Å². The van der Waals surface area contributed by atoms with Gasteiger partial charge in [-0.05, 0) is 31.0 Å². The first-order chi connectivity index (χ1) is 13.5. The largest absolute Gasteiger partial charge is 0.377 e. The van der Waals surface area contributed by atoms with Crippen LogP contribution in [-0.4, -0.2) is 20.2 Å². The lowest BCUT2D eigenvalue weighted by Crippen LogP contribution is -2.14. The SMILES string of the molecule is CCOCc1ccccc1-c1ccccc1S(=O)(=O)Nc1onc(C)c1C#N. The summed E-state index contributed by atoms with van der Waals surface area (Å²) in [4.78, 5) is 0.0666. The molecule has 0 aliphatic heterocycles. The van der Waals surface area contributed by atoms with Gasteiger partial charge in [-0.2, -0.15) is 5.26 Å². The van der Waals surface area contributed by atoms with E-state index in [2.05, 4.69) is 9.88 Å². The summed E-state index contributed by atoms with van der Waals surface area (Å²) in [5.41, 5.74) is 2.53. The molecule has 0 unspecified atom stereocenters. The van der Waals surface area contributed by atoms with E-state index in [4.69, 9.17) is 9.26 Å². The zero-order chi connectivity index (χ0) is 20.1. The topological polar surface area (TPSA) is 105 Å². The zero-order valence-electron chi connectivity index (χ0n) is 15.5. The first-order valence-corrected chi connectivity index (χ1v) is 10.1. The number of nitrogens with zero attached hydrogens (tertiary/aromatic N) is 2. The molecule has 0 atom stereocenters. The number of hydrogen-bond acceptors (Lipinski definition) is 6. The molecular weight excluding hydrogens is 378 g/mol. The van der Waals surface area contributed by atoms with E-state index in [0.29, 0.717) is 24.5 Å². The molecule has 0 saturated carbocycles. The van der Waals surface area contributed by atoms with Gasteiger partial charge >= 0.3 is 0 Å². The number of nitriles is 1. The van der Waals surface area contributed by atoms with Crippen LogP contribution in [0.2, 0.25) is 0 Å². The van der Waals surface area contributed by atoms with Crippen molar-refractivity contribution in [1.29, 1.82) is 5.26 Å². The lowest BCUT2D eigenvalue weighted by molar-refractivity contribution is 0.134. The van der Waals surface area contributed by atoms with E-state index < -0.39 is 10.0 Å². The molecule has 0 aliphatic rings. The molecule has 1 N–H and O–H groups in total. The van der Waals surface area contributed by atoms with Crippen LogP contribution in [0, 0.1) is 18.3 Å². The maximum Gasteiger partial charge on any atom is 0.264 e. The van der Waals surface area contributed by atoms with Gasteiger partial charge < -0.3 is 9.26 Å². The smallest absolute Gasteiger partial charge is 0.264 e. The van der Waals surface area contributed by atoms with E-state index in [1.54, 1.807) is 25.1 Å². The van der Waals surface area contributed by atoms with Crippen LogP contribution in [0.3, 0.4) is 0 Å². The third-order valence-corrected chi connectivity index (χ3v) is 5.54. The fraction of sp³-hybridized carbons (Fsp3) is 0.200. The van der Waals surface area contributed by atoms with Crippen molar-refractivity contribution in [2.24, 2.45) is 0 Å². The average Bonchev–Trinajstić information content (AvgIpc) is 3.05. The molecule has 0 spiro atoms. The van der Waals surface area contributed by atoms with Crippen LogP contribution < -0.4 is 4.72 Å². The van der Waals surface area contributed by atoms with Gasteiger partial charge in [-0.25, -0.2) is 13.1 Å².